The van der Waals surface area contributed by atoms with Gasteiger partial charge in [0.05, 0.1) is 11.1 Å². The summed E-state index contributed by atoms with van der Waals surface area (Å²) < 4.78 is 22.6. The molecule has 0 bridgehead atoms. The lowest BCUT2D eigenvalue weighted by molar-refractivity contribution is -0.216. The summed E-state index contributed by atoms with van der Waals surface area (Å²) in [5, 5.41) is 0. The number of nitrogens with zero attached hydrogens (tertiary/aromatic N) is 1. The number of aryl methyl sites for hydroxylation is 1. The van der Waals surface area contributed by atoms with Crippen molar-refractivity contribution in [1.82, 2.24) is 4.90 Å². The van der Waals surface area contributed by atoms with Crippen LogP contribution in [0.2, 0.25) is 0 Å². The Kier molecular flexibility index (Phi) is 8.17. The molecule has 2 aromatic carbocycles. The second-order valence-electron chi connectivity index (χ2n) is 8.94. The van der Waals surface area contributed by atoms with E-state index in [0.717, 1.165) is 22.3 Å². The van der Waals surface area contributed by atoms with E-state index in [1.165, 1.54) is 37.7 Å². The SMILES string of the molecule is CC(=O)OC[C@@H]1O[C@H](Sc2ccc(C)cc2)[C@@H](N2C(=O)c3ccccc3C2=O)[C@H](OC(C)=O)[C@H]1OC(C)=O. The van der Waals surface area contributed by atoms with E-state index in [1.807, 2.05) is 31.2 Å². The fourth-order valence-electron chi connectivity index (χ4n) is 4.48. The van der Waals surface area contributed by atoms with Gasteiger partial charge >= 0.3 is 17.9 Å². The van der Waals surface area contributed by atoms with Crippen LogP contribution < -0.4 is 0 Å². The lowest BCUT2D eigenvalue weighted by Gasteiger charge is -2.47. The summed E-state index contributed by atoms with van der Waals surface area (Å²) in [5.74, 6) is -3.21. The number of amides is 2. The minimum atomic E-state index is -1.31. The molecular formula is C27H27NO9S. The predicted octanol–water partition coefficient (Wildman–Crippen LogP) is 2.90. The first-order valence-corrected chi connectivity index (χ1v) is 12.8. The Bertz CT molecular complexity index is 1230. The first kappa shape index (κ1) is 27.3. The van der Waals surface area contributed by atoms with Crippen molar-refractivity contribution in [2.45, 2.75) is 62.4 Å². The second-order valence-corrected chi connectivity index (χ2v) is 10.1. The molecule has 38 heavy (non-hydrogen) atoms. The number of carbonyl (C=O) groups excluding carboxylic acids is 5. The van der Waals surface area contributed by atoms with Crippen LogP contribution in [0.25, 0.3) is 0 Å². The van der Waals surface area contributed by atoms with Crippen LogP contribution in [0.1, 0.15) is 47.1 Å². The quantitative estimate of drug-likeness (QED) is 0.293. The average Bonchev–Trinajstić information content (AvgIpc) is 3.10. The summed E-state index contributed by atoms with van der Waals surface area (Å²) in [6, 6.07) is 12.7. The molecule has 10 nitrogen and oxygen atoms in total. The maximum atomic E-state index is 13.5. The lowest BCUT2D eigenvalue weighted by atomic mass is 9.96. The molecule has 2 aliphatic rings. The molecule has 0 saturated carbocycles. The first-order valence-electron chi connectivity index (χ1n) is 11.9. The van der Waals surface area contributed by atoms with Crippen molar-refractivity contribution in [2.24, 2.45) is 0 Å². The minimum Gasteiger partial charge on any atom is -0.463 e. The van der Waals surface area contributed by atoms with Crippen LogP contribution in [0.5, 0.6) is 0 Å². The molecule has 2 aromatic rings. The van der Waals surface area contributed by atoms with Crippen molar-refractivity contribution in [1.29, 1.82) is 0 Å². The van der Waals surface area contributed by atoms with Crippen molar-refractivity contribution in [2.75, 3.05) is 6.61 Å². The Hall–Kier alpha value is -3.70. The zero-order valence-electron chi connectivity index (χ0n) is 21.2. The average molecular weight is 542 g/mol. The van der Waals surface area contributed by atoms with Crippen LogP contribution in [-0.2, 0) is 33.3 Å². The van der Waals surface area contributed by atoms with E-state index in [1.54, 1.807) is 12.1 Å². The number of hydrogen-bond acceptors (Lipinski definition) is 10. The van der Waals surface area contributed by atoms with Crippen LogP contribution in [0.3, 0.4) is 0 Å². The predicted molar refractivity (Wildman–Crippen MR) is 134 cm³/mol. The number of rotatable bonds is 7. The number of hydrogen-bond donors (Lipinski definition) is 0. The van der Waals surface area contributed by atoms with E-state index < -0.39 is 59.5 Å². The fourth-order valence-corrected chi connectivity index (χ4v) is 5.66. The zero-order chi connectivity index (χ0) is 27.6. The van der Waals surface area contributed by atoms with Gasteiger partial charge in [0.2, 0.25) is 0 Å². The summed E-state index contributed by atoms with van der Waals surface area (Å²) in [6.45, 7) is 5.17. The molecule has 0 aliphatic carbocycles. The third-order valence-corrected chi connectivity index (χ3v) is 7.23. The molecule has 2 heterocycles. The van der Waals surface area contributed by atoms with Gasteiger partial charge in [0.1, 0.15) is 24.2 Å². The van der Waals surface area contributed by atoms with Crippen LogP contribution in [0, 0.1) is 6.92 Å². The maximum Gasteiger partial charge on any atom is 0.303 e. The van der Waals surface area contributed by atoms with Crippen LogP contribution >= 0.6 is 11.8 Å². The van der Waals surface area contributed by atoms with Crippen LogP contribution in [0.15, 0.2) is 53.4 Å². The molecule has 0 unspecified atom stereocenters. The van der Waals surface area contributed by atoms with Gasteiger partial charge < -0.3 is 18.9 Å². The molecule has 1 fully saturated rings. The topological polar surface area (TPSA) is 126 Å². The van der Waals surface area contributed by atoms with Crippen LogP contribution in [0.4, 0.5) is 0 Å². The Morgan fingerprint density at radius 2 is 1.39 bits per heavy atom. The zero-order valence-corrected chi connectivity index (χ0v) is 22.1. The van der Waals surface area contributed by atoms with Crippen LogP contribution in [-0.4, -0.2) is 71.0 Å². The molecular weight excluding hydrogens is 514 g/mol. The third kappa shape index (κ3) is 5.73. The van der Waals surface area contributed by atoms with Gasteiger partial charge in [-0.2, -0.15) is 0 Å². The lowest BCUT2D eigenvalue weighted by Crippen LogP contribution is -2.66. The molecule has 11 heteroatoms. The largest absolute Gasteiger partial charge is 0.463 e. The Morgan fingerprint density at radius 1 is 0.842 bits per heavy atom. The van der Waals surface area contributed by atoms with E-state index in [4.69, 9.17) is 18.9 Å². The number of fused-ring (bicyclic) bond motifs is 1. The highest BCUT2D eigenvalue weighted by Gasteiger charge is 2.57. The summed E-state index contributed by atoms with van der Waals surface area (Å²) >= 11 is 1.20. The Labute approximate surface area is 223 Å². The minimum absolute atomic E-state index is 0.198. The standard InChI is InChI=1S/C27H27NO9S/c1-14-9-11-18(12-10-14)38-27-22(28-25(32)19-7-5-6-8-20(19)26(28)33)24(36-17(4)31)23(35-16(3)30)21(37-27)13-34-15(2)29/h5-12,21-24,27H,13H2,1-4H3/t21-,22-,23-,24-,27+/m0/s1. The molecule has 2 aliphatic heterocycles. The first-order chi connectivity index (χ1) is 18.1. The molecule has 0 radical (unpaired) electrons. The van der Waals surface area contributed by atoms with Gasteiger partial charge in [0.25, 0.3) is 11.8 Å². The summed E-state index contributed by atoms with van der Waals surface area (Å²) in [4.78, 5) is 64.8. The molecule has 1 saturated heterocycles. The number of benzene rings is 2. The van der Waals surface area contributed by atoms with E-state index in [2.05, 4.69) is 0 Å². The Morgan fingerprint density at radius 3 is 1.92 bits per heavy atom. The molecule has 0 N–H and O–H groups in total. The second kappa shape index (κ2) is 11.4. The highest BCUT2D eigenvalue weighted by molar-refractivity contribution is 7.99. The number of ether oxygens (including phenoxy) is 4. The summed E-state index contributed by atoms with van der Waals surface area (Å²) in [7, 11) is 0. The highest BCUT2D eigenvalue weighted by atomic mass is 32.2. The van der Waals surface area contributed by atoms with Gasteiger partial charge in [-0.25, -0.2) is 0 Å². The van der Waals surface area contributed by atoms with Gasteiger partial charge in [0.15, 0.2) is 12.2 Å². The smallest absolute Gasteiger partial charge is 0.303 e. The number of carbonyl (C=O) groups is 5. The number of esters is 3. The van der Waals surface area contributed by atoms with Gasteiger partial charge in [0, 0.05) is 25.7 Å². The maximum absolute atomic E-state index is 13.5. The molecule has 2 amide bonds. The molecule has 200 valence electrons. The fraction of sp³-hybridized carbons (Fsp3) is 0.370. The number of thioether (sulfide) groups is 1. The van der Waals surface area contributed by atoms with Crippen molar-refractivity contribution < 1.29 is 42.9 Å². The molecule has 4 rings (SSSR count). The van der Waals surface area contributed by atoms with E-state index in [0.29, 0.717) is 0 Å². The van der Waals surface area contributed by atoms with Crippen molar-refractivity contribution in [3.8, 4) is 0 Å². The van der Waals surface area contributed by atoms with Crippen molar-refractivity contribution in [3.63, 3.8) is 0 Å². The molecule has 5 atom stereocenters. The van der Waals surface area contributed by atoms with E-state index >= 15 is 0 Å². The van der Waals surface area contributed by atoms with Gasteiger partial charge in [-0.3, -0.25) is 28.9 Å². The van der Waals surface area contributed by atoms with Crippen molar-refractivity contribution >= 4 is 41.5 Å². The summed E-state index contributed by atoms with van der Waals surface area (Å²) in [6.07, 6.45) is -3.64. The highest BCUT2D eigenvalue weighted by Crippen LogP contribution is 2.41. The van der Waals surface area contributed by atoms with Gasteiger partial charge in [-0.05, 0) is 31.2 Å². The third-order valence-electron chi connectivity index (χ3n) is 6.07. The van der Waals surface area contributed by atoms with Crippen molar-refractivity contribution in [3.05, 3.63) is 65.2 Å². The summed E-state index contributed by atoms with van der Waals surface area (Å²) in [5.41, 5.74) is 0.446. The van der Waals surface area contributed by atoms with E-state index in [-0.39, 0.29) is 17.7 Å². The van der Waals surface area contributed by atoms with Gasteiger partial charge in [-0.1, -0.05) is 41.6 Å². The molecule has 0 spiro atoms. The number of imide groups is 1. The molecule has 0 aromatic heterocycles. The Balaban J connectivity index is 1.82. The monoisotopic (exact) mass is 541 g/mol. The van der Waals surface area contributed by atoms with Gasteiger partial charge in [-0.15, -0.1) is 0 Å². The normalized spacial score (nSPS) is 24.5. The van der Waals surface area contributed by atoms with E-state index in [9.17, 15) is 24.0 Å².